The number of amides is 1. The fourth-order valence-corrected chi connectivity index (χ4v) is 3.83. The zero-order chi connectivity index (χ0) is 21.7. The van der Waals surface area contributed by atoms with Gasteiger partial charge in [0.15, 0.2) is 6.61 Å². The van der Waals surface area contributed by atoms with Crippen molar-refractivity contribution < 1.29 is 17.9 Å². The first-order chi connectivity index (χ1) is 14.2. The van der Waals surface area contributed by atoms with Crippen LogP contribution >= 0.6 is 0 Å². The number of anilines is 2. The molecular weight excluding hydrogens is 400 g/mol. The van der Waals surface area contributed by atoms with Crippen molar-refractivity contribution in [2.75, 3.05) is 16.6 Å². The van der Waals surface area contributed by atoms with E-state index < -0.39 is 10.0 Å². The molecule has 2 N–H and O–H groups in total. The van der Waals surface area contributed by atoms with Crippen LogP contribution in [0.1, 0.15) is 16.7 Å². The Hall–Kier alpha value is -3.32. The number of rotatable bonds is 7. The molecule has 1 amide bonds. The molecule has 3 aromatic rings. The summed E-state index contributed by atoms with van der Waals surface area (Å²) in [4.78, 5) is 12.3. The zero-order valence-corrected chi connectivity index (χ0v) is 17.9. The number of sulfonamides is 1. The molecule has 7 heteroatoms. The topological polar surface area (TPSA) is 84.5 Å². The van der Waals surface area contributed by atoms with Gasteiger partial charge in [-0.15, -0.1) is 0 Å². The summed E-state index contributed by atoms with van der Waals surface area (Å²) in [5.74, 6) is 0.113. The third-order valence-corrected chi connectivity index (χ3v) is 6.08. The third kappa shape index (κ3) is 5.39. The average molecular weight is 425 g/mol. The van der Waals surface area contributed by atoms with Crippen LogP contribution in [0.5, 0.6) is 5.75 Å². The molecule has 3 rings (SSSR count). The first-order valence-electron chi connectivity index (χ1n) is 9.43. The van der Waals surface area contributed by atoms with Crippen molar-refractivity contribution in [3.8, 4) is 5.75 Å². The minimum atomic E-state index is -3.71. The molecule has 0 aliphatic heterocycles. The van der Waals surface area contributed by atoms with Crippen molar-refractivity contribution in [2.24, 2.45) is 0 Å². The smallest absolute Gasteiger partial charge is 0.262 e. The molecule has 30 heavy (non-hydrogen) atoms. The maximum atomic E-state index is 12.5. The Labute approximate surface area is 177 Å². The van der Waals surface area contributed by atoms with Crippen LogP contribution in [-0.4, -0.2) is 20.9 Å². The molecule has 0 saturated carbocycles. The van der Waals surface area contributed by atoms with Crippen molar-refractivity contribution in [3.05, 3.63) is 83.4 Å². The molecule has 0 aliphatic rings. The van der Waals surface area contributed by atoms with Crippen LogP contribution in [-0.2, 0) is 14.8 Å². The van der Waals surface area contributed by atoms with Gasteiger partial charge in [0, 0.05) is 11.4 Å². The second kappa shape index (κ2) is 9.00. The number of benzene rings is 3. The molecular formula is C23H24N2O4S. The van der Waals surface area contributed by atoms with Crippen molar-refractivity contribution in [1.29, 1.82) is 0 Å². The molecule has 6 nitrogen and oxygen atoms in total. The van der Waals surface area contributed by atoms with Crippen molar-refractivity contribution >= 4 is 27.3 Å². The van der Waals surface area contributed by atoms with Crippen LogP contribution in [0.25, 0.3) is 0 Å². The summed E-state index contributed by atoms with van der Waals surface area (Å²) in [6.45, 7) is 5.67. The molecule has 0 atom stereocenters. The van der Waals surface area contributed by atoms with Crippen LogP contribution < -0.4 is 14.8 Å². The lowest BCUT2D eigenvalue weighted by atomic mass is 10.1. The van der Waals surface area contributed by atoms with Crippen LogP contribution in [0, 0.1) is 20.8 Å². The van der Waals surface area contributed by atoms with E-state index in [1.807, 2.05) is 51.1 Å². The minimum absolute atomic E-state index is 0.107. The van der Waals surface area contributed by atoms with Crippen LogP contribution in [0.3, 0.4) is 0 Å². The number of hydrogen-bond acceptors (Lipinski definition) is 4. The average Bonchev–Trinajstić information content (AvgIpc) is 2.72. The normalized spacial score (nSPS) is 11.0. The summed E-state index contributed by atoms with van der Waals surface area (Å²) >= 11 is 0. The van der Waals surface area contributed by atoms with Gasteiger partial charge in [-0.1, -0.05) is 29.8 Å². The number of carbonyl (C=O) groups is 1. The number of aryl methyl sites for hydroxylation is 2. The molecule has 0 unspecified atom stereocenters. The van der Waals surface area contributed by atoms with Gasteiger partial charge in [-0.25, -0.2) is 8.42 Å². The summed E-state index contributed by atoms with van der Waals surface area (Å²) < 4.78 is 33.0. The summed E-state index contributed by atoms with van der Waals surface area (Å²) in [5.41, 5.74) is 4.36. The van der Waals surface area contributed by atoms with E-state index in [4.69, 9.17) is 4.74 Å². The molecule has 0 heterocycles. The summed E-state index contributed by atoms with van der Waals surface area (Å²) in [5, 5.41) is 2.82. The largest absolute Gasteiger partial charge is 0.484 e. The lowest BCUT2D eigenvalue weighted by Crippen LogP contribution is -2.20. The predicted octanol–water partition coefficient (Wildman–Crippen LogP) is 4.43. The third-order valence-electron chi connectivity index (χ3n) is 4.69. The summed E-state index contributed by atoms with van der Waals surface area (Å²) in [7, 11) is -3.71. The minimum Gasteiger partial charge on any atom is -0.484 e. The van der Waals surface area contributed by atoms with E-state index >= 15 is 0 Å². The Morgan fingerprint density at radius 1 is 0.900 bits per heavy atom. The number of carbonyl (C=O) groups excluding carboxylic acids is 1. The zero-order valence-electron chi connectivity index (χ0n) is 17.1. The molecule has 0 aliphatic carbocycles. The monoisotopic (exact) mass is 424 g/mol. The van der Waals surface area contributed by atoms with Crippen LogP contribution in [0.4, 0.5) is 11.4 Å². The molecule has 0 bridgehead atoms. The van der Waals surface area contributed by atoms with Crippen LogP contribution in [0.2, 0.25) is 0 Å². The van der Waals surface area contributed by atoms with E-state index in [1.165, 1.54) is 24.3 Å². The molecule has 156 valence electrons. The molecule has 0 radical (unpaired) electrons. The van der Waals surface area contributed by atoms with E-state index in [2.05, 4.69) is 10.0 Å². The molecule has 0 fully saturated rings. The Morgan fingerprint density at radius 3 is 2.23 bits per heavy atom. The fraction of sp³-hybridized carbons (Fsp3) is 0.174. The first kappa shape index (κ1) is 21.4. The first-order valence-corrected chi connectivity index (χ1v) is 10.9. The predicted molar refractivity (Wildman–Crippen MR) is 118 cm³/mol. The second-order valence-electron chi connectivity index (χ2n) is 7.03. The second-order valence-corrected chi connectivity index (χ2v) is 8.71. The molecule has 3 aromatic carbocycles. The van der Waals surface area contributed by atoms with E-state index in [0.29, 0.717) is 11.4 Å². The van der Waals surface area contributed by atoms with Gasteiger partial charge in [-0.05, 0) is 74.4 Å². The van der Waals surface area contributed by atoms with Gasteiger partial charge in [0.2, 0.25) is 0 Å². The standard InChI is InChI=1S/C23H24N2O4S/c1-16-7-9-19(10-8-16)25-30(27,28)21-13-11-20(12-14-21)29-15-23(26)24-22-6-4-5-17(2)18(22)3/h4-14,25H,15H2,1-3H3,(H,24,26). The Balaban J connectivity index is 1.59. The highest BCUT2D eigenvalue weighted by Gasteiger charge is 2.14. The Morgan fingerprint density at radius 2 is 1.57 bits per heavy atom. The summed E-state index contributed by atoms with van der Waals surface area (Å²) in [6, 6.07) is 18.7. The van der Waals surface area contributed by atoms with E-state index in [9.17, 15) is 13.2 Å². The van der Waals surface area contributed by atoms with Crippen molar-refractivity contribution in [1.82, 2.24) is 0 Å². The highest BCUT2D eigenvalue weighted by atomic mass is 32.2. The maximum Gasteiger partial charge on any atom is 0.262 e. The van der Waals surface area contributed by atoms with E-state index in [0.717, 1.165) is 22.4 Å². The lowest BCUT2D eigenvalue weighted by Gasteiger charge is -2.12. The molecule has 0 aromatic heterocycles. The molecule has 0 saturated heterocycles. The van der Waals surface area contributed by atoms with Gasteiger partial charge < -0.3 is 10.1 Å². The van der Waals surface area contributed by atoms with Gasteiger partial charge in [-0.2, -0.15) is 0 Å². The van der Waals surface area contributed by atoms with E-state index in [1.54, 1.807) is 12.1 Å². The van der Waals surface area contributed by atoms with Gasteiger partial charge in [-0.3, -0.25) is 9.52 Å². The highest BCUT2D eigenvalue weighted by Crippen LogP contribution is 2.20. The van der Waals surface area contributed by atoms with Gasteiger partial charge in [0.05, 0.1) is 4.90 Å². The number of ether oxygens (including phenoxy) is 1. The van der Waals surface area contributed by atoms with Gasteiger partial charge >= 0.3 is 0 Å². The van der Waals surface area contributed by atoms with E-state index in [-0.39, 0.29) is 17.4 Å². The SMILES string of the molecule is Cc1ccc(NS(=O)(=O)c2ccc(OCC(=O)Nc3cccc(C)c3C)cc2)cc1. The number of nitrogens with one attached hydrogen (secondary N) is 2. The molecule has 0 spiro atoms. The lowest BCUT2D eigenvalue weighted by molar-refractivity contribution is -0.118. The maximum absolute atomic E-state index is 12.5. The van der Waals surface area contributed by atoms with Crippen LogP contribution in [0.15, 0.2) is 71.6 Å². The van der Waals surface area contributed by atoms with Crippen molar-refractivity contribution in [2.45, 2.75) is 25.7 Å². The Kier molecular flexibility index (Phi) is 6.42. The fourth-order valence-electron chi connectivity index (χ4n) is 2.77. The quantitative estimate of drug-likeness (QED) is 0.588. The summed E-state index contributed by atoms with van der Waals surface area (Å²) in [6.07, 6.45) is 0. The number of hydrogen-bond donors (Lipinski definition) is 2. The highest BCUT2D eigenvalue weighted by molar-refractivity contribution is 7.92. The van der Waals surface area contributed by atoms with Gasteiger partial charge in [0.1, 0.15) is 5.75 Å². The van der Waals surface area contributed by atoms with Gasteiger partial charge in [0.25, 0.3) is 15.9 Å². The van der Waals surface area contributed by atoms with Crippen molar-refractivity contribution in [3.63, 3.8) is 0 Å². The Bertz CT molecular complexity index is 1140.